The van der Waals surface area contributed by atoms with Gasteiger partial charge in [-0.3, -0.25) is 14.9 Å². The zero-order chi connectivity index (χ0) is 12.6. The van der Waals surface area contributed by atoms with Gasteiger partial charge in [-0.2, -0.15) is 12.6 Å². The molecular weight excluding hydrogens is 240 g/mol. The van der Waals surface area contributed by atoms with E-state index in [0.29, 0.717) is 17.9 Å². The van der Waals surface area contributed by atoms with E-state index in [2.05, 4.69) is 12.6 Å². The molecule has 5 nitrogen and oxygen atoms in total. The summed E-state index contributed by atoms with van der Waals surface area (Å²) in [5, 5.41) is 10.8. The first-order valence-corrected chi connectivity index (χ1v) is 6.07. The summed E-state index contributed by atoms with van der Waals surface area (Å²) in [7, 11) is 0. The summed E-state index contributed by atoms with van der Waals surface area (Å²) in [5.74, 6) is 0.709. The van der Waals surface area contributed by atoms with Crippen LogP contribution >= 0.6 is 12.6 Å². The number of thiol groups is 1. The Morgan fingerprint density at radius 3 is 2.71 bits per heavy atom. The average Bonchev–Trinajstić information content (AvgIpc) is 3.02. The zero-order valence-corrected chi connectivity index (χ0v) is 10.4. The van der Waals surface area contributed by atoms with Crippen molar-refractivity contribution < 1.29 is 4.92 Å². The lowest BCUT2D eigenvalue weighted by atomic mass is 10.1. The van der Waals surface area contributed by atoms with Gasteiger partial charge in [0.25, 0.3) is 11.2 Å². The Morgan fingerprint density at radius 1 is 1.59 bits per heavy atom. The molecule has 0 aliphatic heterocycles. The number of hydrogen-bond acceptors (Lipinski definition) is 4. The Labute approximate surface area is 104 Å². The minimum Gasteiger partial charge on any atom is -0.308 e. The molecule has 0 amide bonds. The van der Waals surface area contributed by atoms with Gasteiger partial charge in [-0.1, -0.05) is 0 Å². The third-order valence-corrected chi connectivity index (χ3v) is 3.97. The first-order chi connectivity index (χ1) is 7.97. The van der Waals surface area contributed by atoms with Crippen molar-refractivity contribution >= 4 is 18.3 Å². The largest absolute Gasteiger partial charge is 0.308 e. The van der Waals surface area contributed by atoms with E-state index in [9.17, 15) is 14.9 Å². The number of hydrogen-bond donors (Lipinski definition) is 1. The maximum Gasteiger partial charge on any atom is 0.288 e. The molecule has 1 saturated carbocycles. The van der Waals surface area contributed by atoms with Crippen molar-refractivity contribution in [2.45, 2.75) is 26.3 Å². The second-order valence-corrected chi connectivity index (χ2v) is 5.04. The number of pyridine rings is 1. The van der Waals surface area contributed by atoms with Crippen molar-refractivity contribution in [3.63, 3.8) is 0 Å². The molecule has 1 aromatic rings. The fourth-order valence-corrected chi connectivity index (χ4v) is 2.29. The van der Waals surface area contributed by atoms with Crippen molar-refractivity contribution in [2.75, 3.05) is 5.75 Å². The summed E-state index contributed by atoms with van der Waals surface area (Å²) in [6, 6.07) is 1.33. The third-order valence-electron chi connectivity index (χ3n) is 3.30. The van der Waals surface area contributed by atoms with E-state index in [1.807, 2.05) is 0 Å². The average molecular weight is 254 g/mol. The van der Waals surface area contributed by atoms with Crippen molar-refractivity contribution in [1.29, 1.82) is 0 Å². The minimum atomic E-state index is -0.453. The SMILES string of the molecule is Cc1cc(=O)n(CC2(CS)CC2)cc1[N+](=O)[O-]. The monoisotopic (exact) mass is 254 g/mol. The molecule has 2 rings (SSSR count). The van der Waals surface area contributed by atoms with Crippen LogP contribution in [0.2, 0.25) is 0 Å². The molecule has 1 aromatic heterocycles. The molecule has 0 N–H and O–H groups in total. The number of nitrogens with zero attached hydrogens (tertiary/aromatic N) is 2. The van der Waals surface area contributed by atoms with Crippen molar-refractivity contribution in [3.8, 4) is 0 Å². The molecule has 1 heterocycles. The van der Waals surface area contributed by atoms with Crippen LogP contribution in [0.4, 0.5) is 5.69 Å². The Balaban J connectivity index is 2.37. The summed E-state index contributed by atoms with van der Waals surface area (Å²) in [5.41, 5.74) is 0.295. The number of aryl methyl sites for hydroxylation is 1. The highest BCUT2D eigenvalue weighted by atomic mass is 32.1. The molecule has 92 valence electrons. The topological polar surface area (TPSA) is 65.1 Å². The summed E-state index contributed by atoms with van der Waals surface area (Å²) in [6.07, 6.45) is 3.41. The summed E-state index contributed by atoms with van der Waals surface area (Å²) in [4.78, 5) is 22.1. The van der Waals surface area contributed by atoms with Crippen LogP contribution in [-0.2, 0) is 6.54 Å². The van der Waals surface area contributed by atoms with E-state index in [1.165, 1.54) is 16.8 Å². The highest BCUT2D eigenvalue weighted by Gasteiger charge is 2.41. The van der Waals surface area contributed by atoms with Crippen LogP contribution in [0.25, 0.3) is 0 Å². The predicted octanol–water partition coefficient (Wildman–Crippen LogP) is 1.77. The molecule has 1 aliphatic carbocycles. The molecule has 6 heteroatoms. The summed E-state index contributed by atoms with van der Waals surface area (Å²) in [6.45, 7) is 2.10. The van der Waals surface area contributed by atoms with Gasteiger partial charge in [0.05, 0.1) is 11.1 Å². The molecule has 17 heavy (non-hydrogen) atoms. The van der Waals surface area contributed by atoms with Crippen LogP contribution in [0.5, 0.6) is 0 Å². The lowest BCUT2D eigenvalue weighted by Gasteiger charge is -2.13. The Morgan fingerprint density at radius 2 is 2.24 bits per heavy atom. The Kier molecular flexibility index (Phi) is 2.99. The lowest BCUT2D eigenvalue weighted by molar-refractivity contribution is -0.386. The Bertz CT molecular complexity index is 520. The standard InChI is InChI=1S/C11H14N2O3S/c1-8-4-10(14)12(5-9(8)13(15)16)6-11(7-17)2-3-11/h4-5,17H,2-3,6-7H2,1H3. The fraction of sp³-hybridized carbons (Fsp3) is 0.545. The van der Waals surface area contributed by atoms with Gasteiger partial charge in [0.2, 0.25) is 0 Å². The highest BCUT2D eigenvalue weighted by Crippen LogP contribution is 2.47. The van der Waals surface area contributed by atoms with E-state index in [1.54, 1.807) is 6.92 Å². The number of rotatable bonds is 4. The molecule has 0 spiro atoms. The van der Waals surface area contributed by atoms with Gasteiger partial charge in [-0.05, 0) is 30.9 Å². The normalized spacial score (nSPS) is 16.8. The molecule has 1 fully saturated rings. The van der Waals surface area contributed by atoms with E-state index in [-0.39, 0.29) is 16.7 Å². The molecule has 0 aromatic carbocycles. The molecular formula is C11H14N2O3S. The fourth-order valence-electron chi connectivity index (χ4n) is 1.87. The molecule has 0 atom stereocenters. The van der Waals surface area contributed by atoms with Crippen LogP contribution in [0.1, 0.15) is 18.4 Å². The molecule has 0 unspecified atom stereocenters. The van der Waals surface area contributed by atoms with Crippen molar-refractivity contribution in [3.05, 3.63) is 38.3 Å². The smallest absolute Gasteiger partial charge is 0.288 e. The number of aromatic nitrogens is 1. The minimum absolute atomic E-state index is 0.000403. The predicted molar refractivity (Wildman–Crippen MR) is 67.6 cm³/mol. The Hall–Kier alpha value is -1.30. The van der Waals surface area contributed by atoms with Gasteiger partial charge >= 0.3 is 0 Å². The quantitative estimate of drug-likeness (QED) is 0.506. The maximum absolute atomic E-state index is 11.8. The first kappa shape index (κ1) is 12.2. The van der Waals surface area contributed by atoms with Crippen molar-refractivity contribution in [1.82, 2.24) is 4.57 Å². The highest BCUT2D eigenvalue weighted by molar-refractivity contribution is 7.80. The van der Waals surface area contributed by atoms with E-state index in [4.69, 9.17) is 0 Å². The van der Waals surface area contributed by atoms with Gasteiger partial charge in [-0.25, -0.2) is 0 Å². The lowest BCUT2D eigenvalue weighted by Crippen LogP contribution is -2.25. The van der Waals surface area contributed by atoms with Crippen LogP contribution < -0.4 is 5.56 Å². The first-order valence-electron chi connectivity index (χ1n) is 5.44. The van der Waals surface area contributed by atoms with Gasteiger partial charge in [-0.15, -0.1) is 0 Å². The second kappa shape index (κ2) is 4.18. The summed E-state index contributed by atoms with van der Waals surface area (Å²) >= 11 is 4.27. The van der Waals surface area contributed by atoms with Crippen LogP contribution in [0.15, 0.2) is 17.1 Å². The van der Waals surface area contributed by atoms with Crippen LogP contribution in [0.3, 0.4) is 0 Å². The zero-order valence-electron chi connectivity index (χ0n) is 9.55. The van der Waals surface area contributed by atoms with E-state index in [0.717, 1.165) is 12.8 Å². The van der Waals surface area contributed by atoms with E-state index >= 15 is 0 Å². The van der Waals surface area contributed by atoms with Gasteiger partial charge in [0.15, 0.2) is 0 Å². The molecule has 0 saturated heterocycles. The van der Waals surface area contributed by atoms with Crippen LogP contribution in [-0.4, -0.2) is 15.2 Å². The van der Waals surface area contributed by atoms with Gasteiger partial charge in [0, 0.05) is 18.2 Å². The van der Waals surface area contributed by atoms with Crippen molar-refractivity contribution in [2.24, 2.45) is 5.41 Å². The maximum atomic E-state index is 11.8. The third kappa shape index (κ3) is 2.36. The van der Waals surface area contributed by atoms with E-state index < -0.39 is 4.92 Å². The molecule has 0 bridgehead atoms. The molecule has 1 aliphatic rings. The van der Waals surface area contributed by atoms with Gasteiger partial charge < -0.3 is 4.57 Å². The second-order valence-electron chi connectivity index (χ2n) is 4.72. The molecule has 0 radical (unpaired) electrons. The summed E-state index contributed by atoms with van der Waals surface area (Å²) < 4.78 is 1.44. The van der Waals surface area contributed by atoms with Gasteiger partial charge in [0.1, 0.15) is 0 Å². The number of nitro groups is 1. The van der Waals surface area contributed by atoms with Crippen LogP contribution in [0, 0.1) is 22.5 Å².